The first-order chi connectivity index (χ1) is 12.9. The number of piperidine rings is 3. The molecule has 4 heterocycles. The molecule has 1 aromatic heterocycles. The van der Waals surface area contributed by atoms with Gasteiger partial charge in [-0.3, -0.25) is 9.59 Å². The summed E-state index contributed by atoms with van der Waals surface area (Å²) >= 11 is 0. The van der Waals surface area contributed by atoms with Crippen LogP contribution in [0.2, 0.25) is 0 Å². The van der Waals surface area contributed by atoms with Crippen molar-refractivity contribution >= 4 is 5.91 Å². The Balaban J connectivity index is 1.47. The number of benzene rings is 1. The van der Waals surface area contributed by atoms with Crippen LogP contribution in [0.3, 0.4) is 0 Å². The SMILES string of the molecule is Cc1cccc(-c2ccc(C(=O)NCC3(O)CN4CCC3CC4)c(=O)[nH]2)c1. The third kappa shape index (κ3) is 3.55. The number of rotatable bonds is 4. The molecule has 3 saturated heterocycles. The van der Waals surface area contributed by atoms with Crippen LogP contribution in [0.4, 0.5) is 0 Å². The lowest BCUT2D eigenvalue weighted by atomic mass is 9.75. The zero-order valence-electron chi connectivity index (χ0n) is 15.5. The lowest BCUT2D eigenvalue weighted by molar-refractivity contribution is -0.108. The van der Waals surface area contributed by atoms with E-state index in [-0.39, 0.29) is 18.0 Å². The Labute approximate surface area is 158 Å². The van der Waals surface area contributed by atoms with Crippen LogP contribution in [0.25, 0.3) is 11.3 Å². The lowest BCUT2D eigenvalue weighted by Gasteiger charge is -2.50. The first kappa shape index (κ1) is 17.9. The molecule has 0 aliphatic carbocycles. The van der Waals surface area contributed by atoms with Crippen molar-refractivity contribution in [2.24, 2.45) is 5.92 Å². The van der Waals surface area contributed by atoms with E-state index in [2.05, 4.69) is 15.2 Å². The van der Waals surface area contributed by atoms with Gasteiger partial charge in [-0.2, -0.15) is 0 Å². The van der Waals surface area contributed by atoms with Gasteiger partial charge >= 0.3 is 0 Å². The van der Waals surface area contributed by atoms with Gasteiger partial charge in [0.15, 0.2) is 0 Å². The number of amides is 1. The zero-order valence-corrected chi connectivity index (χ0v) is 15.5. The number of nitrogens with zero attached hydrogens (tertiary/aromatic N) is 1. The number of fused-ring (bicyclic) bond motifs is 3. The number of H-pyrrole nitrogens is 1. The summed E-state index contributed by atoms with van der Waals surface area (Å²) in [5, 5.41) is 13.7. The number of aromatic amines is 1. The number of carbonyl (C=O) groups excluding carboxylic acids is 1. The maximum Gasteiger partial charge on any atom is 0.261 e. The minimum Gasteiger partial charge on any atom is -0.386 e. The molecule has 0 spiro atoms. The van der Waals surface area contributed by atoms with E-state index in [4.69, 9.17) is 0 Å². The van der Waals surface area contributed by atoms with Gasteiger partial charge in [-0.05, 0) is 62.5 Å². The quantitative estimate of drug-likeness (QED) is 0.765. The molecule has 0 radical (unpaired) electrons. The van der Waals surface area contributed by atoms with Gasteiger partial charge in [-0.15, -0.1) is 0 Å². The van der Waals surface area contributed by atoms with Crippen LogP contribution in [0.15, 0.2) is 41.2 Å². The summed E-state index contributed by atoms with van der Waals surface area (Å²) in [6.45, 7) is 4.78. The van der Waals surface area contributed by atoms with Crippen molar-refractivity contribution < 1.29 is 9.90 Å². The summed E-state index contributed by atoms with van der Waals surface area (Å²) in [4.78, 5) is 29.9. The maximum absolute atomic E-state index is 12.5. The first-order valence-corrected chi connectivity index (χ1v) is 9.48. The Morgan fingerprint density at radius 2 is 2.07 bits per heavy atom. The standard InChI is InChI=1S/C21H25N3O3/c1-14-3-2-4-15(11-14)18-6-5-17(20(26)23-18)19(25)22-12-21(27)13-24-9-7-16(21)8-10-24/h2-6,11,16,27H,7-10,12-13H2,1H3,(H,22,25)(H,23,26). The maximum atomic E-state index is 12.5. The third-order valence-electron chi connectivity index (χ3n) is 5.88. The Bertz CT molecular complexity index is 915. The van der Waals surface area contributed by atoms with Gasteiger partial charge in [0.1, 0.15) is 5.56 Å². The normalized spacial score (nSPS) is 26.7. The molecule has 6 nitrogen and oxygen atoms in total. The zero-order chi connectivity index (χ0) is 19.0. The van der Waals surface area contributed by atoms with Gasteiger partial charge in [0.25, 0.3) is 11.5 Å². The van der Waals surface area contributed by atoms with E-state index in [1.54, 1.807) is 12.1 Å². The van der Waals surface area contributed by atoms with Gasteiger partial charge in [0.2, 0.25) is 0 Å². The summed E-state index contributed by atoms with van der Waals surface area (Å²) < 4.78 is 0. The number of aromatic nitrogens is 1. The summed E-state index contributed by atoms with van der Waals surface area (Å²) in [6.07, 6.45) is 1.91. The number of hydrogen-bond acceptors (Lipinski definition) is 4. The van der Waals surface area contributed by atoms with E-state index in [1.807, 2.05) is 31.2 Å². The van der Waals surface area contributed by atoms with Crippen LogP contribution in [0, 0.1) is 12.8 Å². The Morgan fingerprint density at radius 3 is 2.70 bits per heavy atom. The second-order valence-electron chi connectivity index (χ2n) is 7.82. The molecular formula is C21H25N3O3. The topological polar surface area (TPSA) is 85.4 Å². The van der Waals surface area contributed by atoms with Crippen molar-refractivity contribution in [2.45, 2.75) is 25.4 Å². The van der Waals surface area contributed by atoms with Gasteiger partial charge in [-0.25, -0.2) is 0 Å². The molecule has 1 amide bonds. The average molecular weight is 367 g/mol. The smallest absolute Gasteiger partial charge is 0.261 e. The van der Waals surface area contributed by atoms with E-state index >= 15 is 0 Å². The molecule has 3 aliphatic rings. The molecule has 3 aliphatic heterocycles. The highest BCUT2D eigenvalue weighted by atomic mass is 16.3. The van der Waals surface area contributed by atoms with E-state index in [0.29, 0.717) is 12.2 Å². The second-order valence-corrected chi connectivity index (χ2v) is 7.82. The lowest BCUT2D eigenvalue weighted by Crippen LogP contribution is -2.63. The van der Waals surface area contributed by atoms with Crippen molar-refractivity contribution in [1.82, 2.24) is 15.2 Å². The van der Waals surface area contributed by atoms with Crippen LogP contribution in [-0.4, -0.2) is 52.7 Å². The monoisotopic (exact) mass is 367 g/mol. The third-order valence-corrected chi connectivity index (χ3v) is 5.88. The van der Waals surface area contributed by atoms with Crippen molar-refractivity contribution in [3.05, 3.63) is 57.9 Å². The van der Waals surface area contributed by atoms with E-state index < -0.39 is 17.1 Å². The number of nitrogens with one attached hydrogen (secondary N) is 2. The van der Waals surface area contributed by atoms with Crippen LogP contribution < -0.4 is 10.9 Å². The Kier molecular flexibility index (Phi) is 4.61. The Morgan fingerprint density at radius 1 is 1.30 bits per heavy atom. The number of carbonyl (C=O) groups is 1. The molecule has 1 unspecified atom stereocenters. The van der Waals surface area contributed by atoms with Gasteiger partial charge in [0.05, 0.1) is 5.60 Å². The van der Waals surface area contributed by atoms with Crippen molar-refractivity contribution in [3.8, 4) is 11.3 Å². The van der Waals surface area contributed by atoms with Crippen molar-refractivity contribution in [2.75, 3.05) is 26.2 Å². The van der Waals surface area contributed by atoms with Gasteiger partial charge < -0.3 is 20.3 Å². The largest absolute Gasteiger partial charge is 0.386 e. The van der Waals surface area contributed by atoms with E-state index in [9.17, 15) is 14.7 Å². The molecule has 1 aromatic carbocycles. The molecule has 142 valence electrons. The number of hydrogen-bond donors (Lipinski definition) is 3. The number of pyridine rings is 1. The summed E-state index contributed by atoms with van der Waals surface area (Å²) in [5.41, 5.74) is 1.42. The second kappa shape index (κ2) is 6.94. The number of aliphatic hydroxyl groups is 1. The van der Waals surface area contributed by atoms with Crippen molar-refractivity contribution in [1.29, 1.82) is 0 Å². The summed E-state index contributed by atoms with van der Waals surface area (Å²) in [7, 11) is 0. The predicted molar refractivity (Wildman–Crippen MR) is 104 cm³/mol. The van der Waals surface area contributed by atoms with Gasteiger partial charge in [0, 0.05) is 18.8 Å². The van der Waals surface area contributed by atoms with E-state index in [0.717, 1.165) is 37.1 Å². The molecule has 27 heavy (non-hydrogen) atoms. The highest BCUT2D eigenvalue weighted by molar-refractivity contribution is 5.94. The Hall–Kier alpha value is -2.44. The number of aryl methyl sites for hydroxylation is 1. The molecule has 2 aromatic rings. The molecule has 5 rings (SSSR count). The molecule has 0 saturated carbocycles. The molecule has 3 N–H and O–H groups in total. The predicted octanol–water partition coefficient (Wildman–Crippen LogP) is 1.54. The minimum absolute atomic E-state index is 0.0660. The van der Waals surface area contributed by atoms with Crippen molar-refractivity contribution in [3.63, 3.8) is 0 Å². The fourth-order valence-electron chi connectivity index (χ4n) is 4.31. The molecule has 1 atom stereocenters. The summed E-state index contributed by atoms with van der Waals surface area (Å²) in [5.74, 6) is -0.235. The van der Waals surface area contributed by atoms with Crippen LogP contribution in [-0.2, 0) is 0 Å². The fraction of sp³-hybridized carbons (Fsp3) is 0.429. The van der Waals surface area contributed by atoms with Gasteiger partial charge in [-0.1, -0.05) is 23.8 Å². The fourth-order valence-corrected chi connectivity index (χ4v) is 4.31. The highest BCUT2D eigenvalue weighted by Crippen LogP contribution is 2.35. The van der Waals surface area contributed by atoms with Crippen LogP contribution >= 0.6 is 0 Å². The van der Waals surface area contributed by atoms with Crippen LogP contribution in [0.5, 0.6) is 0 Å². The highest BCUT2D eigenvalue weighted by Gasteiger charge is 2.45. The first-order valence-electron chi connectivity index (χ1n) is 9.48. The molecule has 2 bridgehead atoms. The van der Waals surface area contributed by atoms with E-state index in [1.165, 1.54) is 0 Å². The molecule has 3 fully saturated rings. The molecular weight excluding hydrogens is 342 g/mol. The summed E-state index contributed by atoms with van der Waals surface area (Å²) in [6, 6.07) is 11.1. The average Bonchev–Trinajstić information content (AvgIpc) is 2.67. The van der Waals surface area contributed by atoms with Crippen LogP contribution in [0.1, 0.15) is 28.8 Å². The molecule has 6 heteroatoms. The minimum atomic E-state index is -0.902.